The number of nitrogens with one attached hydrogen (secondary N) is 1. The third-order valence-electron chi connectivity index (χ3n) is 5.87. The van der Waals surface area contributed by atoms with Crippen molar-refractivity contribution < 1.29 is 23.5 Å². The van der Waals surface area contributed by atoms with Gasteiger partial charge in [0.1, 0.15) is 6.26 Å². The molecule has 0 radical (unpaired) electrons. The molecule has 9 heteroatoms. The van der Waals surface area contributed by atoms with Crippen LogP contribution in [0, 0.1) is 0 Å². The molecule has 1 aliphatic heterocycles. The minimum Gasteiger partial charge on any atom is -0.472 e. The number of hydrogen-bond donors (Lipinski definition) is 2. The van der Waals surface area contributed by atoms with E-state index in [4.69, 9.17) is 19.6 Å². The number of carbonyl (C=O) groups excluding carboxylic acids is 2. The van der Waals surface area contributed by atoms with Crippen LogP contribution in [0.2, 0.25) is 0 Å². The number of carbonyl (C=O) groups is 2. The molecule has 2 aromatic carbocycles. The topological polar surface area (TPSA) is 122 Å². The van der Waals surface area contributed by atoms with E-state index >= 15 is 0 Å². The summed E-state index contributed by atoms with van der Waals surface area (Å²) < 4.78 is 17.6. The number of amides is 2. The number of nitrogens with two attached hydrogens (primary N) is 1. The number of anilines is 1. The van der Waals surface area contributed by atoms with Crippen LogP contribution in [0.5, 0.6) is 11.5 Å². The zero-order chi connectivity index (χ0) is 22.5. The second-order valence-corrected chi connectivity index (χ2v) is 7.83. The SMILES string of the molecule is NC(=O)c1nn(-c2ccc3c(c2)OCO3)c2c1CCc1ccc(NC(=O)c3ccoc3)cc1-2. The Kier molecular flexibility index (Phi) is 4.22. The van der Waals surface area contributed by atoms with Gasteiger partial charge in [0, 0.05) is 22.9 Å². The maximum Gasteiger partial charge on any atom is 0.269 e. The van der Waals surface area contributed by atoms with Gasteiger partial charge in [0.05, 0.1) is 23.2 Å². The normalized spacial score (nSPS) is 13.3. The van der Waals surface area contributed by atoms with Gasteiger partial charge in [-0.05, 0) is 48.7 Å². The van der Waals surface area contributed by atoms with Gasteiger partial charge in [0.15, 0.2) is 17.2 Å². The number of primary amides is 1. The Bertz CT molecular complexity index is 1420. The van der Waals surface area contributed by atoms with Crippen LogP contribution in [-0.4, -0.2) is 28.4 Å². The van der Waals surface area contributed by atoms with Crippen molar-refractivity contribution >= 4 is 17.5 Å². The monoisotopic (exact) mass is 442 g/mol. The van der Waals surface area contributed by atoms with Gasteiger partial charge in [-0.25, -0.2) is 4.68 Å². The van der Waals surface area contributed by atoms with Gasteiger partial charge < -0.3 is 24.9 Å². The quantitative estimate of drug-likeness (QED) is 0.500. The first-order chi connectivity index (χ1) is 16.1. The van der Waals surface area contributed by atoms with Crippen molar-refractivity contribution in [3.05, 3.63) is 77.4 Å². The molecule has 0 spiro atoms. The first-order valence-electron chi connectivity index (χ1n) is 10.4. The maximum absolute atomic E-state index is 12.5. The van der Waals surface area contributed by atoms with Gasteiger partial charge in [-0.1, -0.05) is 6.07 Å². The average molecular weight is 442 g/mol. The Morgan fingerprint density at radius 3 is 2.73 bits per heavy atom. The Morgan fingerprint density at radius 1 is 1.03 bits per heavy atom. The fourth-order valence-electron chi connectivity index (χ4n) is 4.31. The van der Waals surface area contributed by atoms with Crippen molar-refractivity contribution in [2.24, 2.45) is 5.73 Å². The van der Waals surface area contributed by atoms with Crippen LogP contribution in [-0.2, 0) is 12.8 Å². The predicted octanol–water partition coefficient (Wildman–Crippen LogP) is 3.31. The third-order valence-corrected chi connectivity index (χ3v) is 5.87. The summed E-state index contributed by atoms with van der Waals surface area (Å²) in [6, 6.07) is 12.8. The molecule has 2 aromatic heterocycles. The second-order valence-electron chi connectivity index (χ2n) is 7.83. The van der Waals surface area contributed by atoms with E-state index < -0.39 is 5.91 Å². The van der Waals surface area contributed by atoms with Crippen LogP contribution < -0.4 is 20.5 Å². The standard InChI is InChI=1S/C24H18N4O5/c25-23(29)21-17-5-2-13-1-3-15(26-24(30)14-7-8-31-11-14)9-18(13)22(17)28(27-21)16-4-6-19-20(10-16)33-12-32-19/h1,3-4,6-11H,2,5,12H2,(H2,25,29)(H,26,30). The summed E-state index contributed by atoms with van der Waals surface area (Å²) in [5, 5.41) is 7.45. The molecule has 4 aromatic rings. The molecular weight excluding hydrogens is 424 g/mol. The minimum absolute atomic E-state index is 0.158. The Morgan fingerprint density at radius 2 is 1.91 bits per heavy atom. The predicted molar refractivity (Wildman–Crippen MR) is 118 cm³/mol. The largest absolute Gasteiger partial charge is 0.472 e. The molecule has 2 aliphatic rings. The molecular formula is C24H18N4O5. The van der Waals surface area contributed by atoms with Crippen LogP contribution in [0.4, 0.5) is 5.69 Å². The lowest BCUT2D eigenvalue weighted by Crippen LogP contribution is -2.15. The van der Waals surface area contributed by atoms with Gasteiger partial charge in [-0.2, -0.15) is 5.10 Å². The van der Waals surface area contributed by atoms with Gasteiger partial charge in [0.25, 0.3) is 11.8 Å². The van der Waals surface area contributed by atoms with E-state index in [9.17, 15) is 9.59 Å². The summed E-state index contributed by atoms with van der Waals surface area (Å²) in [7, 11) is 0. The maximum atomic E-state index is 12.5. The number of ether oxygens (including phenoxy) is 2. The summed E-state index contributed by atoms with van der Waals surface area (Å²) in [5.41, 5.74) is 11.2. The number of aromatic nitrogens is 2. The lowest BCUT2D eigenvalue weighted by Gasteiger charge is -2.20. The van der Waals surface area contributed by atoms with Gasteiger partial charge in [-0.15, -0.1) is 0 Å². The van der Waals surface area contributed by atoms with E-state index in [2.05, 4.69) is 10.4 Å². The Labute approximate surface area is 187 Å². The Hall–Kier alpha value is -4.53. The Balaban J connectivity index is 1.48. The fraction of sp³-hybridized carbons (Fsp3) is 0.125. The average Bonchev–Trinajstić information content (AvgIpc) is 3.57. The molecule has 1 aliphatic carbocycles. The molecule has 0 fully saturated rings. The molecule has 0 unspecified atom stereocenters. The van der Waals surface area contributed by atoms with E-state index in [1.165, 1.54) is 12.5 Å². The van der Waals surface area contributed by atoms with Crippen LogP contribution in [0.25, 0.3) is 16.9 Å². The van der Waals surface area contributed by atoms with E-state index in [0.29, 0.717) is 34.9 Å². The van der Waals surface area contributed by atoms with E-state index in [0.717, 1.165) is 28.8 Å². The number of hydrogen-bond acceptors (Lipinski definition) is 6. The summed E-state index contributed by atoms with van der Waals surface area (Å²) in [6.45, 7) is 0.158. The van der Waals surface area contributed by atoms with Crippen LogP contribution >= 0.6 is 0 Å². The first-order valence-corrected chi connectivity index (χ1v) is 10.4. The highest BCUT2D eigenvalue weighted by molar-refractivity contribution is 6.04. The van der Waals surface area contributed by atoms with Crippen molar-refractivity contribution in [3.8, 4) is 28.4 Å². The number of benzene rings is 2. The molecule has 0 atom stereocenters. The van der Waals surface area contributed by atoms with Crippen LogP contribution in [0.1, 0.15) is 32.0 Å². The fourth-order valence-corrected chi connectivity index (χ4v) is 4.31. The zero-order valence-corrected chi connectivity index (χ0v) is 17.3. The van der Waals surface area contributed by atoms with Gasteiger partial charge in [-0.3, -0.25) is 9.59 Å². The highest BCUT2D eigenvalue weighted by atomic mass is 16.7. The number of fused-ring (bicyclic) bond motifs is 4. The van der Waals surface area contributed by atoms with Crippen molar-refractivity contribution in [2.45, 2.75) is 12.8 Å². The summed E-state index contributed by atoms with van der Waals surface area (Å²) in [5.74, 6) is 0.398. The molecule has 9 nitrogen and oxygen atoms in total. The summed E-state index contributed by atoms with van der Waals surface area (Å²) in [6.07, 6.45) is 4.19. The smallest absolute Gasteiger partial charge is 0.269 e. The van der Waals surface area contributed by atoms with E-state index in [1.54, 1.807) is 16.8 Å². The van der Waals surface area contributed by atoms with Crippen molar-refractivity contribution in [3.63, 3.8) is 0 Å². The lowest BCUT2D eigenvalue weighted by atomic mass is 9.88. The minimum atomic E-state index is -0.585. The molecule has 3 N–H and O–H groups in total. The van der Waals surface area contributed by atoms with Crippen LogP contribution in [0.15, 0.2) is 59.4 Å². The molecule has 2 amide bonds. The molecule has 0 saturated heterocycles. The first kappa shape index (κ1) is 19.2. The van der Waals surface area contributed by atoms with E-state index in [1.807, 2.05) is 30.3 Å². The lowest BCUT2D eigenvalue weighted by molar-refractivity contribution is 0.0992. The summed E-state index contributed by atoms with van der Waals surface area (Å²) in [4.78, 5) is 24.7. The molecule has 0 saturated carbocycles. The van der Waals surface area contributed by atoms with Crippen molar-refractivity contribution in [2.75, 3.05) is 12.1 Å². The number of furan rings is 1. The zero-order valence-electron chi connectivity index (χ0n) is 17.3. The third kappa shape index (κ3) is 3.13. The molecule has 3 heterocycles. The molecule has 6 rings (SSSR count). The molecule has 33 heavy (non-hydrogen) atoms. The van der Waals surface area contributed by atoms with Crippen molar-refractivity contribution in [1.82, 2.24) is 9.78 Å². The number of nitrogens with zero attached hydrogens (tertiary/aromatic N) is 2. The van der Waals surface area contributed by atoms with Gasteiger partial charge >= 0.3 is 0 Å². The highest BCUT2D eigenvalue weighted by Gasteiger charge is 2.29. The molecule has 0 bridgehead atoms. The number of rotatable bonds is 4. The molecule has 164 valence electrons. The van der Waals surface area contributed by atoms with Gasteiger partial charge in [0.2, 0.25) is 6.79 Å². The van der Waals surface area contributed by atoms with Crippen molar-refractivity contribution in [1.29, 1.82) is 0 Å². The number of aryl methyl sites for hydroxylation is 1. The summed E-state index contributed by atoms with van der Waals surface area (Å²) >= 11 is 0. The van der Waals surface area contributed by atoms with E-state index in [-0.39, 0.29) is 18.4 Å². The highest BCUT2D eigenvalue weighted by Crippen LogP contribution is 2.40. The second kappa shape index (κ2) is 7.27. The van der Waals surface area contributed by atoms with Crippen LogP contribution in [0.3, 0.4) is 0 Å².